The van der Waals surface area contributed by atoms with E-state index in [1.807, 2.05) is 6.07 Å². The van der Waals surface area contributed by atoms with Crippen molar-refractivity contribution in [1.29, 1.82) is 0 Å². The molecule has 114 valence electrons. The fraction of sp³-hybridized carbons (Fsp3) is 0.588. The number of carbonyl (C=O) groups is 1. The summed E-state index contributed by atoms with van der Waals surface area (Å²) in [5, 5.41) is 9.54. The number of rotatable bonds is 3. The molecule has 1 heterocycles. The van der Waals surface area contributed by atoms with Gasteiger partial charge < -0.3 is 5.11 Å². The van der Waals surface area contributed by atoms with E-state index < -0.39 is 5.97 Å². The Morgan fingerprint density at radius 3 is 2.43 bits per heavy atom. The van der Waals surface area contributed by atoms with Crippen molar-refractivity contribution in [2.24, 2.45) is 5.41 Å². The highest BCUT2D eigenvalue weighted by Crippen LogP contribution is 2.46. The molecule has 1 saturated carbocycles. The number of nitrogens with zero attached hydrogens (tertiary/aromatic N) is 1. The summed E-state index contributed by atoms with van der Waals surface area (Å²) in [4.78, 5) is 13.4. The zero-order valence-corrected chi connectivity index (χ0v) is 13.0. The van der Waals surface area contributed by atoms with E-state index in [1.165, 1.54) is 38.5 Å². The van der Waals surface area contributed by atoms with Crippen LogP contribution < -0.4 is 0 Å². The number of benzene rings is 1. The summed E-state index contributed by atoms with van der Waals surface area (Å²) in [6.45, 7) is 3.10. The first-order chi connectivity index (χ1) is 10.1. The third kappa shape index (κ3) is 3.24. The normalized spacial score (nSPS) is 21.8. The molecule has 21 heavy (non-hydrogen) atoms. The molecule has 3 rings (SSSR count). The summed E-state index contributed by atoms with van der Waals surface area (Å²) >= 11 is 6.22. The van der Waals surface area contributed by atoms with Gasteiger partial charge in [-0.05, 0) is 61.9 Å². The topological polar surface area (TPSA) is 40.5 Å². The van der Waals surface area contributed by atoms with E-state index >= 15 is 0 Å². The van der Waals surface area contributed by atoms with E-state index in [-0.39, 0.29) is 5.56 Å². The number of hydrogen-bond acceptors (Lipinski definition) is 2. The van der Waals surface area contributed by atoms with Gasteiger partial charge in [0.2, 0.25) is 0 Å². The Bertz CT molecular complexity index is 528. The number of carboxylic acids is 1. The molecule has 3 nitrogen and oxygen atoms in total. The molecular formula is C17H22ClNO2. The minimum absolute atomic E-state index is 0.257. The van der Waals surface area contributed by atoms with Crippen molar-refractivity contribution >= 4 is 17.6 Å². The van der Waals surface area contributed by atoms with Crippen LogP contribution in [0.5, 0.6) is 0 Å². The maximum atomic E-state index is 10.9. The maximum absolute atomic E-state index is 10.9. The molecule has 1 aromatic carbocycles. The summed E-state index contributed by atoms with van der Waals surface area (Å²) in [5.74, 6) is -0.926. The van der Waals surface area contributed by atoms with E-state index in [4.69, 9.17) is 16.7 Å². The van der Waals surface area contributed by atoms with Gasteiger partial charge in [0.25, 0.3) is 0 Å². The average molecular weight is 308 g/mol. The largest absolute Gasteiger partial charge is 0.478 e. The molecule has 1 aromatic rings. The van der Waals surface area contributed by atoms with Gasteiger partial charge in [0, 0.05) is 11.6 Å². The molecule has 1 aliphatic carbocycles. The van der Waals surface area contributed by atoms with Gasteiger partial charge in [-0.1, -0.05) is 30.5 Å². The van der Waals surface area contributed by atoms with Gasteiger partial charge in [-0.25, -0.2) is 4.79 Å². The highest BCUT2D eigenvalue weighted by atomic mass is 35.5. The second kappa shape index (κ2) is 5.98. The number of piperidine rings is 1. The summed E-state index contributed by atoms with van der Waals surface area (Å²) in [5.41, 5.74) is 1.92. The second-order valence-electron chi connectivity index (χ2n) is 6.59. The predicted octanol–water partition coefficient (Wildman–Crippen LogP) is 4.19. The SMILES string of the molecule is O=C(O)c1ccc(CN2CCC3(CCCC3)CC2)c(Cl)c1. The van der Waals surface area contributed by atoms with Crippen LogP contribution in [0.2, 0.25) is 5.02 Å². The molecule has 2 aliphatic rings. The standard InChI is InChI=1S/C17H22ClNO2/c18-15-11-13(16(20)21)3-4-14(15)12-19-9-7-17(8-10-19)5-1-2-6-17/h3-4,11H,1-2,5-10,12H2,(H,20,21). The van der Waals surface area contributed by atoms with E-state index in [0.717, 1.165) is 25.2 Å². The number of aromatic carboxylic acids is 1. The zero-order chi connectivity index (χ0) is 14.9. The fourth-order valence-corrected chi connectivity index (χ4v) is 4.10. The van der Waals surface area contributed by atoms with Crippen LogP contribution in [0.4, 0.5) is 0 Å². The lowest BCUT2D eigenvalue weighted by Crippen LogP contribution is -2.38. The smallest absolute Gasteiger partial charge is 0.335 e. The van der Waals surface area contributed by atoms with Crippen LogP contribution in [0.25, 0.3) is 0 Å². The summed E-state index contributed by atoms with van der Waals surface area (Å²) in [6.07, 6.45) is 8.24. The molecule has 2 fully saturated rings. The van der Waals surface area contributed by atoms with Crippen LogP contribution in [0.15, 0.2) is 18.2 Å². The van der Waals surface area contributed by atoms with Crippen LogP contribution in [-0.4, -0.2) is 29.1 Å². The van der Waals surface area contributed by atoms with Gasteiger partial charge in [0.1, 0.15) is 0 Å². The minimum atomic E-state index is -0.926. The highest BCUT2D eigenvalue weighted by Gasteiger charge is 2.36. The van der Waals surface area contributed by atoms with Crippen molar-refractivity contribution in [2.45, 2.75) is 45.1 Å². The Labute approximate surface area is 130 Å². The first-order valence-electron chi connectivity index (χ1n) is 7.82. The van der Waals surface area contributed by atoms with Crippen molar-refractivity contribution in [1.82, 2.24) is 4.90 Å². The summed E-state index contributed by atoms with van der Waals surface area (Å²) < 4.78 is 0. The Morgan fingerprint density at radius 2 is 1.86 bits per heavy atom. The van der Waals surface area contributed by atoms with Crippen LogP contribution in [-0.2, 0) is 6.54 Å². The monoisotopic (exact) mass is 307 g/mol. The Kier molecular flexibility index (Phi) is 4.23. The van der Waals surface area contributed by atoms with Gasteiger partial charge in [-0.2, -0.15) is 0 Å². The van der Waals surface area contributed by atoms with E-state index in [2.05, 4.69) is 4.90 Å². The fourth-order valence-electron chi connectivity index (χ4n) is 3.86. The van der Waals surface area contributed by atoms with Crippen molar-refractivity contribution < 1.29 is 9.90 Å². The quantitative estimate of drug-likeness (QED) is 0.910. The first-order valence-corrected chi connectivity index (χ1v) is 8.20. The molecule has 1 N–H and O–H groups in total. The Balaban J connectivity index is 1.61. The van der Waals surface area contributed by atoms with Gasteiger partial charge in [-0.3, -0.25) is 4.90 Å². The highest BCUT2D eigenvalue weighted by molar-refractivity contribution is 6.31. The molecule has 0 unspecified atom stereocenters. The van der Waals surface area contributed by atoms with Crippen LogP contribution in [0, 0.1) is 5.41 Å². The number of halogens is 1. The number of hydrogen-bond donors (Lipinski definition) is 1. The lowest BCUT2D eigenvalue weighted by molar-refractivity contribution is 0.0696. The minimum Gasteiger partial charge on any atom is -0.478 e. The van der Waals surface area contributed by atoms with E-state index in [9.17, 15) is 4.79 Å². The molecule has 0 atom stereocenters. The summed E-state index contributed by atoms with van der Waals surface area (Å²) in [7, 11) is 0. The third-order valence-corrected chi connectivity index (χ3v) is 5.63. The van der Waals surface area contributed by atoms with E-state index in [1.54, 1.807) is 12.1 Å². The van der Waals surface area contributed by atoms with Gasteiger partial charge in [-0.15, -0.1) is 0 Å². The lowest BCUT2D eigenvalue weighted by atomic mass is 9.77. The van der Waals surface area contributed by atoms with Crippen LogP contribution in [0.1, 0.15) is 54.4 Å². The molecule has 1 aliphatic heterocycles. The van der Waals surface area contributed by atoms with Crippen LogP contribution >= 0.6 is 11.6 Å². The number of likely N-dealkylation sites (tertiary alicyclic amines) is 1. The van der Waals surface area contributed by atoms with Gasteiger partial charge in [0.05, 0.1) is 5.56 Å². The molecule has 4 heteroatoms. The van der Waals surface area contributed by atoms with Crippen molar-refractivity contribution in [3.8, 4) is 0 Å². The van der Waals surface area contributed by atoms with Crippen molar-refractivity contribution in [3.63, 3.8) is 0 Å². The van der Waals surface area contributed by atoms with Crippen molar-refractivity contribution in [3.05, 3.63) is 34.3 Å². The molecule has 1 spiro atoms. The predicted molar refractivity (Wildman–Crippen MR) is 83.8 cm³/mol. The summed E-state index contributed by atoms with van der Waals surface area (Å²) in [6, 6.07) is 5.05. The van der Waals surface area contributed by atoms with Gasteiger partial charge in [0.15, 0.2) is 0 Å². The molecule has 0 bridgehead atoms. The maximum Gasteiger partial charge on any atom is 0.335 e. The molecule has 0 amide bonds. The van der Waals surface area contributed by atoms with Crippen molar-refractivity contribution in [2.75, 3.05) is 13.1 Å². The number of carboxylic acid groups (broad SMARTS) is 1. The Hall–Kier alpha value is -1.06. The lowest BCUT2D eigenvalue weighted by Gasteiger charge is -2.39. The zero-order valence-electron chi connectivity index (χ0n) is 12.3. The average Bonchev–Trinajstić information content (AvgIpc) is 2.92. The van der Waals surface area contributed by atoms with E-state index in [0.29, 0.717) is 10.4 Å². The molecule has 1 saturated heterocycles. The first kappa shape index (κ1) is 14.9. The van der Waals surface area contributed by atoms with Gasteiger partial charge >= 0.3 is 5.97 Å². The van der Waals surface area contributed by atoms with Crippen LogP contribution in [0.3, 0.4) is 0 Å². The molecule has 0 aromatic heterocycles. The Morgan fingerprint density at radius 1 is 1.19 bits per heavy atom. The second-order valence-corrected chi connectivity index (χ2v) is 7.00. The third-order valence-electron chi connectivity index (χ3n) is 5.27. The molecular weight excluding hydrogens is 286 g/mol. The molecule has 0 radical (unpaired) electrons.